The topological polar surface area (TPSA) is 64.1 Å². The SMILES string of the molecule is O=S1CCc2nc(Cl)nc(NC3CC4(COC4)C3)c21. The number of nitrogens with one attached hydrogen (secondary N) is 1. The molecule has 1 aromatic heterocycles. The molecule has 1 aromatic rings. The van der Waals surface area contributed by atoms with E-state index in [-0.39, 0.29) is 5.28 Å². The van der Waals surface area contributed by atoms with Crippen molar-refractivity contribution in [1.29, 1.82) is 0 Å². The zero-order chi connectivity index (χ0) is 13.0. The van der Waals surface area contributed by atoms with Crippen molar-refractivity contribution in [2.75, 3.05) is 24.3 Å². The van der Waals surface area contributed by atoms with Crippen LogP contribution in [0.2, 0.25) is 5.28 Å². The van der Waals surface area contributed by atoms with E-state index < -0.39 is 10.8 Å². The lowest BCUT2D eigenvalue weighted by molar-refractivity contribution is -0.159. The zero-order valence-electron chi connectivity index (χ0n) is 10.3. The molecule has 1 spiro atoms. The van der Waals surface area contributed by atoms with E-state index in [2.05, 4.69) is 15.3 Å². The van der Waals surface area contributed by atoms with E-state index in [1.807, 2.05) is 0 Å². The number of aryl methyl sites for hydroxylation is 1. The second kappa shape index (κ2) is 4.14. The number of nitrogens with zero attached hydrogens (tertiary/aromatic N) is 2. The quantitative estimate of drug-likeness (QED) is 0.836. The summed E-state index contributed by atoms with van der Waals surface area (Å²) in [7, 11) is -0.990. The van der Waals surface area contributed by atoms with Crippen LogP contribution >= 0.6 is 11.6 Å². The van der Waals surface area contributed by atoms with E-state index in [0.29, 0.717) is 23.0 Å². The van der Waals surface area contributed by atoms with Gasteiger partial charge in [0.25, 0.3) is 0 Å². The van der Waals surface area contributed by atoms with E-state index in [1.165, 1.54) is 0 Å². The van der Waals surface area contributed by atoms with Gasteiger partial charge in [0.15, 0.2) is 0 Å². The Morgan fingerprint density at radius 1 is 1.37 bits per heavy atom. The second-order valence-corrected chi connectivity index (χ2v) is 7.50. The van der Waals surface area contributed by atoms with E-state index in [1.54, 1.807) is 0 Å². The molecule has 0 aromatic carbocycles. The molecule has 102 valence electrons. The van der Waals surface area contributed by atoms with Gasteiger partial charge in [0.05, 0.1) is 29.7 Å². The number of hydrogen-bond donors (Lipinski definition) is 1. The normalized spacial score (nSPS) is 27.7. The summed E-state index contributed by atoms with van der Waals surface area (Å²) in [6.45, 7) is 1.75. The van der Waals surface area contributed by atoms with Gasteiger partial charge in [0.2, 0.25) is 5.28 Å². The van der Waals surface area contributed by atoms with Gasteiger partial charge in [-0.15, -0.1) is 0 Å². The Morgan fingerprint density at radius 2 is 2.16 bits per heavy atom. The smallest absolute Gasteiger partial charge is 0.224 e. The minimum Gasteiger partial charge on any atom is -0.380 e. The number of rotatable bonds is 2. The van der Waals surface area contributed by atoms with Crippen molar-refractivity contribution in [2.45, 2.75) is 30.2 Å². The minimum atomic E-state index is -0.990. The predicted octanol–water partition coefficient (Wildman–Crippen LogP) is 1.38. The van der Waals surface area contributed by atoms with Gasteiger partial charge in [-0.3, -0.25) is 4.21 Å². The van der Waals surface area contributed by atoms with Gasteiger partial charge >= 0.3 is 0 Å². The Kier molecular flexibility index (Phi) is 2.62. The zero-order valence-corrected chi connectivity index (χ0v) is 11.9. The predicted molar refractivity (Wildman–Crippen MR) is 71.9 cm³/mol. The van der Waals surface area contributed by atoms with Crippen molar-refractivity contribution >= 4 is 28.2 Å². The molecule has 0 radical (unpaired) electrons. The molecule has 2 aliphatic heterocycles. The van der Waals surface area contributed by atoms with Crippen molar-refractivity contribution in [1.82, 2.24) is 9.97 Å². The number of halogens is 1. The summed E-state index contributed by atoms with van der Waals surface area (Å²) >= 11 is 5.93. The fraction of sp³-hybridized carbons (Fsp3) is 0.667. The lowest BCUT2D eigenvalue weighted by Crippen LogP contribution is -2.56. The lowest BCUT2D eigenvalue weighted by atomic mass is 9.64. The van der Waals surface area contributed by atoms with Gasteiger partial charge in [0, 0.05) is 23.6 Å². The largest absolute Gasteiger partial charge is 0.380 e. The maximum Gasteiger partial charge on any atom is 0.224 e. The van der Waals surface area contributed by atoms with Crippen molar-refractivity contribution in [2.24, 2.45) is 5.41 Å². The molecule has 1 unspecified atom stereocenters. The number of fused-ring (bicyclic) bond motifs is 1. The molecule has 1 atom stereocenters. The van der Waals surface area contributed by atoms with Gasteiger partial charge in [-0.05, 0) is 24.4 Å². The van der Waals surface area contributed by atoms with Gasteiger partial charge < -0.3 is 10.1 Å². The van der Waals surface area contributed by atoms with Crippen LogP contribution in [0.5, 0.6) is 0 Å². The van der Waals surface area contributed by atoms with Crippen LogP contribution in [-0.2, 0) is 22.0 Å². The van der Waals surface area contributed by atoms with E-state index >= 15 is 0 Å². The maximum atomic E-state index is 12.0. The molecule has 1 saturated heterocycles. The molecule has 2 fully saturated rings. The first kappa shape index (κ1) is 12.1. The number of aromatic nitrogens is 2. The molecule has 1 N–H and O–H groups in total. The number of hydrogen-bond acceptors (Lipinski definition) is 5. The van der Waals surface area contributed by atoms with Crippen molar-refractivity contribution in [3.8, 4) is 0 Å². The summed E-state index contributed by atoms with van der Waals surface area (Å²) in [5, 5.41) is 3.63. The van der Waals surface area contributed by atoms with Crippen LogP contribution in [0.15, 0.2) is 4.90 Å². The average Bonchev–Trinajstić information content (AvgIpc) is 2.62. The van der Waals surface area contributed by atoms with E-state index in [0.717, 1.165) is 43.1 Å². The summed E-state index contributed by atoms with van der Waals surface area (Å²) < 4.78 is 17.3. The third-order valence-corrected chi connectivity index (χ3v) is 5.80. The highest BCUT2D eigenvalue weighted by atomic mass is 35.5. The summed E-state index contributed by atoms with van der Waals surface area (Å²) in [5.74, 6) is 1.30. The van der Waals surface area contributed by atoms with Crippen LogP contribution in [0, 0.1) is 5.41 Å². The van der Waals surface area contributed by atoms with Crippen LogP contribution in [0.1, 0.15) is 18.5 Å². The maximum absolute atomic E-state index is 12.0. The Hall–Kier alpha value is -0.720. The monoisotopic (exact) mass is 299 g/mol. The summed E-state index contributed by atoms with van der Waals surface area (Å²) in [6, 6.07) is 0.386. The lowest BCUT2D eigenvalue weighted by Gasteiger charge is -2.53. The molecule has 5 nitrogen and oxygen atoms in total. The standard InChI is InChI=1S/C12H14ClN3O2S/c13-11-15-8-1-2-19(17)9(8)10(16-11)14-7-3-12(4-7)5-18-6-12/h7H,1-6H2,(H,14,15,16). The van der Waals surface area contributed by atoms with Crippen LogP contribution in [0.3, 0.4) is 0 Å². The third-order valence-electron chi connectivity index (χ3n) is 4.18. The van der Waals surface area contributed by atoms with Gasteiger partial charge in [-0.2, -0.15) is 4.98 Å². The molecule has 3 heterocycles. The van der Waals surface area contributed by atoms with Gasteiger partial charge in [-0.1, -0.05) is 0 Å². The molecule has 4 rings (SSSR count). The molecule has 3 aliphatic rings. The molecule has 0 bridgehead atoms. The molecular weight excluding hydrogens is 286 g/mol. The molecule has 7 heteroatoms. The van der Waals surface area contributed by atoms with Crippen molar-refractivity contribution in [3.05, 3.63) is 11.0 Å². The summed E-state index contributed by atoms with van der Waals surface area (Å²) in [4.78, 5) is 9.16. The molecular formula is C12H14ClN3O2S. The fourth-order valence-electron chi connectivity index (χ4n) is 3.17. The van der Waals surface area contributed by atoms with Gasteiger partial charge in [-0.25, -0.2) is 4.98 Å². The Labute approximate surface area is 118 Å². The minimum absolute atomic E-state index is 0.237. The van der Waals surface area contributed by atoms with E-state index in [4.69, 9.17) is 16.3 Å². The Bertz CT molecular complexity index is 568. The van der Waals surface area contributed by atoms with Crippen LogP contribution in [0.4, 0.5) is 5.82 Å². The van der Waals surface area contributed by atoms with Crippen LogP contribution in [-0.4, -0.2) is 39.2 Å². The number of ether oxygens (including phenoxy) is 1. The summed E-state index contributed by atoms with van der Waals surface area (Å²) in [6.07, 6.45) is 2.91. The first-order valence-corrected chi connectivity index (χ1v) is 8.14. The van der Waals surface area contributed by atoms with Crippen LogP contribution < -0.4 is 5.32 Å². The van der Waals surface area contributed by atoms with Gasteiger partial charge in [0.1, 0.15) is 10.7 Å². The molecule has 1 aliphatic carbocycles. The average molecular weight is 300 g/mol. The summed E-state index contributed by atoms with van der Waals surface area (Å²) in [5.41, 5.74) is 1.23. The van der Waals surface area contributed by atoms with E-state index in [9.17, 15) is 4.21 Å². The van der Waals surface area contributed by atoms with Crippen molar-refractivity contribution in [3.63, 3.8) is 0 Å². The van der Waals surface area contributed by atoms with Crippen LogP contribution in [0.25, 0.3) is 0 Å². The molecule has 0 amide bonds. The second-order valence-electron chi connectivity index (χ2n) is 5.66. The first-order valence-electron chi connectivity index (χ1n) is 6.44. The Balaban J connectivity index is 1.56. The first-order chi connectivity index (χ1) is 9.15. The molecule has 19 heavy (non-hydrogen) atoms. The molecule has 1 saturated carbocycles. The highest BCUT2D eigenvalue weighted by molar-refractivity contribution is 7.85. The third kappa shape index (κ3) is 1.88. The Morgan fingerprint density at radius 3 is 2.84 bits per heavy atom. The van der Waals surface area contributed by atoms with Crippen molar-refractivity contribution < 1.29 is 8.95 Å². The highest BCUT2D eigenvalue weighted by Gasteiger charge is 2.50. The highest BCUT2D eigenvalue weighted by Crippen LogP contribution is 2.48. The fourth-order valence-corrected chi connectivity index (χ4v) is 4.67. The number of anilines is 1.